The monoisotopic (exact) mass is 392 g/mol. The molecular formula is C18H17ClN2O2S2. The van der Waals surface area contributed by atoms with Crippen LogP contribution in [0.5, 0.6) is 0 Å². The number of hydrogen-bond acceptors (Lipinski definition) is 4. The lowest BCUT2D eigenvalue weighted by molar-refractivity contribution is 0.577. The first-order chi connectivity index (χ1) is 11.8. The average Bonchev–Trinajstić information content (AvgIpc) is 2.86. The van der Waals surface area contributed by atoms with Gasteiger partial charge in [-0.05, 0) is 57.2 Å². The second-order valence-electron chi connectivity index (χ2n) is 5.72. The van der Waals surface area contributed by atoms with Crippen molar-refractivity contribution in [3.05, 3.63) is 70.5 Å². The van der Waals surface area contributed by atoms with E-state index in [1.54, 1.807) is 31.2 Å². The Morgan fingerprint density at radius 2 is 1.56 bits per heavy atom. The summed E-state index contributed by atoms with van der Waals surface area (Å²) < 4.78 is 26.9. The van der Waals surface area contributed by atoms with Gasteiger partial charge in [-0.25, -0.2) is 0 Å². The summed E-state index contributed by atoms with van der Waals surface area (Å²) in [5, 5.41) is 4.94. The Hall–Kier alpha value is -1.76. The summed E-state index contributed by atoms with van der Waals surface area (Å²) >= 11 is 7.39. The van der Waals surface area contributed by atoms with E-state index in [9.17, 15) is 8.42 Å². The van der Waals surface area contributed by atoms with Crippen molar-refractivity contribution in [2.45, 2.75) is 35.5 Å². The maximum atomic E-state index is 12.9. The second kappa shape index (κ2) is 6.86. The Balaban J connectivity index is 2.01. The molecule has 0 N–H and O–H groups in total. The number of rotatable bonds is 4. The second-order valence-corrected chi connectivity index (χ2v) is 9.00. The van der Waals surface area contributed by atoms with Crippen molar-refractivity contribution in [3.63, 3.8) is 0 Å². The lowest BCUT2D eigenvalue weighted by Crippen LogP contribution is -2.16. The molecule has 0 aliphatic rings. The lowest BCUT2D eigenvalue weighted by Gasteiger charge is -2.07. The van der Waals surface area contributed by atoms with Gasteiger partial charge in [-0.2, -0.15) is 17.6 Å². The van der Waals surface area contributed by atoms with Crippen molar-refractivity contribution in [2.75, 3.05) is 0 Å². The molecule has 4 nitrogen and oxygen atoms in total. The van der Waals surface area contributed by atoms with Gasteiger partial charge >= 0.3 is 0 Å². The molecule has 0 saturated heterocycles. The van der Waals surface area contributed by atoms with Gasteiger partial charge in [-0.15, -0.1) is 0 Å². The molecule has 0 fully saturated rings. The average molecular weight is 393 g/mol. The van der Waals surface area contributed by atoms with E-state index >= 15 is 0 Å². The fourth-order valence-electron chi connectivity index (χ4n) is 2.42. The standard InChI is InChI=1S/C18H17ClN2O2S2/c1-12-4-10-17(11-5-12)25(22,23)21-14(3)18(13(2)20-21)24-16-8-6-15(19)7-9-16/h4-11H,1-3H3. The molecule has 0 radical (unpaired) electrons. The van der Waals surface area contributed by atoms with E-state index in [-0.39, 0.29) is 4.90 Å². The van der Waals surface area contributed by atoms with E-state index in [0.717, 1.165) is 19.4 Å². The largest absolute Gasteiger partial charge is 0.283 e. The third-order valence-corrected chi connectivity index (χ3v) is 7.00. The molecule has 7 heteroatoms. The van der Waals surface area contributed by atoms with E-state index in [1.165, 1.54) is 11.8 Å². The molecule has 0 amide bonds. The third kappa shape index (κ3) is 3.61. The number of nitrogens with zero attached hydrogens (tertiary/aromatic N) is 2. The summed E-state index contributed by atoms with van der Waals surface area (Å²) in [5.41, 5.74) is 2.28. The molecule has 130 valence electrons. The summed E-state index contributed by atoms with van der Waals surface area (Å²) in [4.78, 5) is 2.03. The van der Waals surface area contributed by atoms with E-state index in [0.29, 0.717) is 16.4 Å². The van der Waals surface area contributed by atoms with Crippen LogP contribution in [-0.4, -0.2) is 17.6 Å². The molecule has 25 heavy (non-hydrogen) atoms. The zero-order valence-electron chi connectivity index (χ0n) is 14.0. The Morgan fingerprint density at radius 3 is 2.16 bits per heavy atom. The normalized spacial score (nSPS) is 11.7. The van der Waals surface area contributed by atoms with E-state index in [4.69, 9.17) is 11.6 Å². The minimum absolute atomic E-state index is 0.228. The van der Waals surface area contributed by atoms with Crippen LogP contribution in [0.15, 0.2) is 63.2 Å². The van der Waals surface area contributed by atoms with Crippen LogP contribution in [-0.2, 0) is 10.0 Å². The molecule has 0 atom stereocenters. The van der Waals surface area contributed by atoms with Gasteiger partial charge in [0.05, 0.1) is 21.2 Å². The van der Waals surface area contributed by atoms with Crippen LogP contribution in [0.3, 0.4) is 0 Å². The molecule has 0 saturated carbocycles. The van der Waals surface area contributed by atoms with Crippen molar-refractivity contribution in [2.24, 2.45) is 0 Å². The third-order valence-electron chi connectivity index (χ3n) is 3.77. The van der Waals surface area contributed by atoms with Crippen molar-refractivity contribution >= 4 is 33.4 Å². The van der Waals surface area contributed by atoms with Crippen LogP contribution < -0.4 is 0 Å². The van der Waals surface area contributed by atoms with Gasteiger partial charge in [-0.3, -0.25) is 0 Å². The van der Waals surface area contributed by atoms with Crippen molar-refractivity contribution < 1.29 is 8.42 Å². The molecule has 0 unspecified atom stereocenters. The molecule has 3 aromatic rings. The van der Waals surface area contributed by atoms with Crippen molar-refractivity contribution in [1.29, 1.82) is 0 Å². The number of halogens is 1. The van der Waals surface area contributed by atoms with Crippen LogP contribution in [0.2, 0.25) is 5.02 Å². The minimum atomic E-state index is -3.72. The number of aryl methyl sites for hydroxylation is 2. The Morgan fingerprint density at radius 1 is 0.960 bits per heavy atom. The van der Waals surface area contributed by atoms with Crippen LogP contribution in [0.4, 0.5) is 0 Å². The Labute approximate surface area is 156 Å². The summed E-state index contributed by atoms with van der Waals surface area (Å²) in [7, 11) is -3.72. The van der Waals surface area contributed by atoms with Crippen LogP contribution in [0.1, 0.15) is 17.0 Å². The number of hydrogen-bond donors (Lipinski definition) is 0. The Kier molecular flexibility index (Phi) is 4.95. The van der Waals surface area contributed by atoms with Gasteiger partial charge in [0.2, 0.25) is 0 Å². The highest BCUT2D eigenvalue weighted by molar-refractivity contribution is 7.99. The summed E-state index contributed by atoms with van der Waals surface area (Å²) in [6, 6.07) is 14.2. The summed E-state index contributed by atoms with van der Waals surface area (Å²) in [6.45, 7) is 5.50. The minimum Gasteiger partial charge on any atom is -0.199 e. The first-order valence-electron chi connectivity index (χ1n) is 7.61. The summed E-state index contributed by atoms with van der Waals surface area (Å²) in [5.74, 6) is 0. The van der Waals surface area contributed by atoms with Gasteiger partial charge in [0.1, 0.15) is 0 Å². The van der Waals surface area contributed by atoms with E-state index in [1.807, 2.05) is 38.1 Å². The van der Waals surface area contributed by atoms with Crippen molar-refractivity contribution in [1.82, 2.24) is 9.19 Å². The molecule has 0 bridgehead atoms. The van der Waals surface area contributed by atoms with Crippen LogP contribution in [0, 0.1) is 20.8 Å². The van der Waals surface area contributed by atoms with Crippen molar-refractivity contribution in [3.8, 4) is 0 Å². The highest BCUT2D eigenvalue weighted by Gasteiger charge is 2.24. The van der Waals surface area contributed by atoms with Crippen LogP contribution in [0.25, 0.3) is 0 Å². The molecule has 1 heterocycles. The fourth-order valence-corrected chi connectivity index (χ4v) is 4.89. The molecular weight excluding hydrogens is 376 g/mol. The van der Waals surface area contributed by atoms with Gasteiger partial charge in [0.15, 0.2) is 0 Å². The number of benzene rings is 2. The number of aromatic nitrogens is 2. The Bertz CT molecular complexity index is 1010. The maximum Gasteiger partial charge on any atom is 0.283 e. The molecule has 0 aliphatic carbocycles. The molecule has 0 spiro atoms. The van der Waals surface area contributed by atoms with E-state index in [2.05, 4.69) is 5.10 Å². The maximum absolute atomic E-state index is 12.9. The predicted octanol–water partition coefficient (Wildman–Crippen LogP) is 4.85. The zero-order chi connectivity index (χ0) is 18.2. The fraction of sp³-hybridized carbons (Fsp3) is 0.167. The first kappa shape index (κ1) is 18.0. The van der Waals surface area contributed by atoms with Gasteiger partial charge < -0.3 is 0 Å². The molecule has 1 aromatic heterocycles. The summed E-state index contributed by atoms with van der Waals surface area (Å²) in [6.07, 6.45) is 0. The smallest absolute Gasteiger partial charge is 0.199 e. The van der Waals surface area contributed by atoms with Gasteiger partial charge in [0, 0.05) is 9.92 Å². The molecule has 2 aromatic carbocycles. The molecule has 0 aliphatic heterocycles. The first-order valence-corrected chi connectivity index (χ1v) is 10.2. The van der Waals surface area contributed by atoms with E-state index < -0.39 is 10.0 Å². The molecule has 3 rings (SSSR count). The predicted molar refractivity (Wildman–Crippen MR) is 101 cm³/mol. The zero-order valence-corrected chi connectivity index (χ0v) is 16.4. The quantitative estimate of drug-likeness (QED) is 0.636. The highest BCUT2D eigenvalue weighted by atomic mass is 35.5. The lowest BCUT2D eigenvalue weighted by atomic mass is 10.2. The van der Waals surface area contributed by atoms with Gasteiger partial charge in [-0.1, -0.05) is 41.1 Å². The highest BCUT2D eigenvalue weighted by Crippen LogP contribution is 2.34. The van der Waals surface area contributed by atoms with Crippen LogP contribution >= 0.6 is 23.4 Å². The topological polar surface area (TPSA) is 52.0 Å². The SMILES string of the molecule is Cc1ccc(S(=O)(=O)n2nc(C)c(Sc3ccc(Cl)cc3)c2C)cc1. The van der Waals surface area contributed by atoms with Gasteiger partial charge in [0.25, 0.3) is 10.0 Å².